The van der Waals surface area contributed by atoms with Crippen molar-refractivity contribution in [2.24, 2.45) is 0 Å². The van der Waals surface area contributed by atoms with Gasteiger partial charge in [0, 0.05) is 36.1 Å². The predicted octanol–water partition coefficient (Wildman–Crippen LogP) is 3.75. The molecule has 0 spiro atoms. The average Bonchev–Trinajstić information content (AvgIpc) is 2.90. The Morgan fingerprint density at radius 2 is 1.48 bits per heavy atom. The Bertz CT molecular complexity index is 1390. The van der Waals surface area contributed by atoms with Gasteiger partial charge in [0.2, 0.25) is 5.91 Å². The maximum Gasteiger partial charge on any atom is 0.338 e. The number of anilines is 1. The van der Waals surface area contributed by atoms with E-state index < -0.39 is 28.7 Å². The Hall–Kier alpha value is -5.00. The van der Waals surface area contributed by atoms with E-state index in [9.17, 15) is 29.3 Å². The van der Waals surface area contributed by atoms with Gasteiger partial charge in [-0.1, -0.05) is 12.1 Å². The van der Waals surface area contributed by atoms with Crippen LogP contribution in [-0.2, 0) is 28.6 Å². The second kappa shape index (κ2) is 13.2. The number of nitrogens with zero attached hydrogens (tertiary/aromatic N) is 1. The minimum Gasteiger partial charge on any atom is -0.463 e. The van der Waals surface area contributed by atoms with E-state index in [0.717, 1.165) is 0 Å². The highest BCUT2D eigenvalue weighted by Gasteiger charge is 2.38. The molecule has 3 rings (SSSR count). The molecule has 1 heterocycles. The van der Waals surface area contributed by atoms with Crippen LogP contribution in [0, 0.1) is 10.1 Å². The summed E-state index contributed by atoms with van der Waals surface area (Å²) in [6.45, 7) is 5.82. The van der Waals surface area contributed by atoms with Crippen LogP contribution in [0.3, 0.4) is 0 Å². The molecule has 0 bridgehead atoms. The lowest BCUT2D eigenvalue weighted by molar-refractivity contribution is -0.384. The fourth-order valence-corrected chi connectivity index (χ4v) is 4.22. The number of carbonyl (C=O) groups excluding carboxylic acids is 4. The standard InChI is InChI=1S/C28H29N3O9/c1-5-38-27(34)23-16(2)29-17(3)24(25(23)20-7-6-8-22(15-20)31(36)37)28(35)40-14-13-39-26(33)19-9-11-21(12-10-19)30-18(4)32/h6-12,15,25,29H,5,13-14H2,1-4H3,(H,30,32). The molecule has 0 fully saturated rings. The van der Waals surface area contributed by atoms with E-state index in [1.54, 1.807) is 39.0 Å². The number of ether oxygens (including phenoxy) is 3. The molecule has 2 aromatic rings. The molecular formula is C28H29N3O9. The lowest BCUT2D eigenvalue weighted by atomic mass is 9.80. The van der Waals surface area contributed by atoms with E-state index in [0.29, 0.717) is 22.6 Å². The maximum atomic E-state index is 13.3. The van der Waals surface area contributed by atoms with Crippen molar-refractivity contribution in [1.82, 2.24) is 5.32 Å². The smallest absolute Gasteiger partial charge is 0.338 e. The number of non-ortho nitro benzene ring substituents is 1. The molecule has 210 valence electrons. The summed E-state index contributed by atoms with van der Waals surface area (Å²) in [5.41, 5.74) is 1.89. The Labute approximate surface area is 230 Å². The zero-order valence-electron chi connectivity index (χ0n) is 22.4. The van der Waals surface area contributed by atoms with Crippen molar-refractivity contribution in [3.63, 3.8) is 0 Å². The van der Waals surface area contributed by atoms with Crippen LogP contribution in [0.4, 0.5) is 11.4 Å². The lowest BCUT2D eigenvalue weighted by Crippen LogP contribution is -2.33. The molecule has 1 aliphatic heterocycles. The van der Waals surface area contributed by atoms with E-state index in [4.69, 9.17) is 14.2 Å². The zero-order valence-corrected chi connectivity index (χ0v) is 22.4. The van der Waals surface area contributed by atoms with Gasteiger partial charge in [-0.05, 0) is 50.6 Å². The van der Waals surface area contributed by atoms with Crippen molar-refractivity contribution in [3.05, 3.63) is 92.3 Å². The van der Waals surface area contributed by atoms with Crippen molar-refractivity contribution in [1.29, 1.82) is 0 Å². The molecule has 12 heteroatoms. The summed E-state index contributed by atoms with van der Waals surface area (Å²) in [6.07, 6.45) is 0. The topological polar surface area (TPSA) is 163 Å². The van der Waals surface area contributed by atoms with Crippen LogP contribution < -0.4 is 10.6 Å². The molecule has 1 aliphatic rings. The fourth-order valence-electron chi connectivity index (χ4n) is 4.22. The molecule has 0 saturated carbocycles. The maximum absolute atomic E-state index is 13.3. The van der Waals surface area contributed by atoms with E-state index in [-0.39, 0.29) is 48.1 Å². The molecule has 0 aliphatic carbocycles. The van der Waals surface area contributed by atoms with Gasteiger partial charge in [-0.3, -0.25) is 14.9 Å². The Kier molecular flexibility index (Phi) is 9.74. The molecule has 0 saturated heterocycles. The van der Waals surface area contributed by atoms with Gasteiger partial charge in [-0.2, -0.15) is 0 Å². The number of allylic oxidation sites excluding steroid dienone is 2. The molecule has 40 heavy (non-hydrogen) atoms. The zero-order chi connectivity index (χ0) is 29.4. The monoisotopic (exact) mass is 551 g/mol. The van der Waals surface area contributed by atoms with Gasteiger partial charge >= 0.3 is 17.9 Å². The van der Waals surface area contributed by atoms with Crippen LogP contribution in [0.25, 0.3) is 0 Å². The number of carbonyl (C=O) groups is 4. The van der Waals surface area contributed by atoms with Crippen molar-refractivity contribution in [3.8, 4) is 0 Å². The third kappa shape index (κ3) is 7.10. The van der Waals surface area contributed by atoms with Crippen LogP contribution in [-0.4, -0.2) is 48.6 Å². The SMILES string of the molecule is CCOC(=O)C1=C(C)NC(C)=C(C(=O)OCCOC(=O)c2ccc(NC(C)=O)cc2)C1c1cccc([N+](=O)[O-])c1. The van der Waals surface area contributed by atoms with Gasteiger partial charge in [0.25, 0.3) is 5.69 Å². The van der Waals surface area contributed by atoms with Crippen molar-refractivity contribution >= 4 is 35.2 Å². The Balaban J connectivity index is 1.76. The molecule has 12 nitrogen and oxygen atoms in total. The number of hydrogen-bond acceptors (Lipinski definition) is 10. The van der Waals surface area contributed by atoms with E-state index in [1.807, 2.05) is 0 Å². The predicted molar refractivity (Wildman–Crippen MR) is 143 cm³/mol. The number of esters is 3. The van der Waals surface area contributed by atoms with Gasteiger partial charge in [-0.25, -0.2) is 14.4 Å². The van der Waals surface area contributed by atoms with E-state index in [2.05, 4.69) is 10.6 Å². The average molecular weight is 552 g/mol. The molecule has 2 N–H and O–H groups in total. The highest BCUT2D eigenvalue weighted by atomic mass is 16.6. The number of nitro benzene ring substituents is 1. The van der Waals surface area contributed by atoms with Crippen LogP contribution in [0.15, 0.2) is 71.1 Å². The number of nitro groups is 1. The van der Waals surface area contributed by atoms with E-state index in [1.165, 1.54) is 37.3 Å². The fraction of sp³-hybridized carbons (Fsp3) is 0.286. The van der Waals surface area contributed by atoms with Crippen LogP contribution in [0.2, 0.25) is 0 Å². The number of dihydropyridines is 1. The van der Waals surface area contributed by atoms with Crippen molar-refractivity contribution in [2.45, 2.75) is 33.6 Å². The summed E-state index contributed by atoms with van der Waals surface area (Å²) in [6, 6.07) is 11.7. The summed E-state index contributed by atoms with van der Waals surface area (Å²) in [7, 11) is 0. The van der Waals surface area contributed by atoms with Gasteiger partial charge < -0.3 is 24.8 Å². The normalized spacial score (nSPS) is 14.7. The largest absolute Gasteiger partial charge is 0.463 e. The van der Waals surface area contributed by atoms with Gasteiger partial charge in [0.1, 0.15) is 13.2 Å². The summed E-state index contributed by atoms with van der Waals surface area (Å²) in [5, 5.41) is 17.0. The van der Waals surface area contributed by atoms with Gasteiger partial charge in [-0.15, -0.1) is 0 Å². The lowest BCUT2D eigenvalue weighted by Gasteiger charge is -2.30. The summed E-state index contributed by atoms with van der Waals surface area (Å²) < 4.78 is 15.8. The number of nitrogens with one attached hydrogen (secondary N) is 2. The molecule has 0 aromatic heterocycles. The van der Waals surface area contributed by atoms with Crippen LogP contribution >= 0.6 is 0 Å². The molecule has 1 atom stereocenters. The molecule has 0 radical (unpaired) electrons. The van der Waals surface area contributed by atoms with Crippen molar-refractivity contribution in [2.75, 3.05) is 25.1 Å². The molecule has 2 aromatic carbocycles. The number of hydrogen-bond donors (Lipinski definition) is 2. The summed E-state index contributed by atoms with van der Waals surface area (Å²) in [5.74, 6) is -3.38. The van der Waals surface area contributed by atoms with E-state index >= 15 is 0 Å². The first-order valence-electron chi connectivity index (χ1n) is 12.3. The number of amides is 1. The van der Waals surface area contributed by atoms with Gasteiger partial charge in [0.05, 0.1) is 34.2 Å². The second-order valence-electron chi connectivity index (χ2n) is 8.74. The molecule has 1 amide bonds. The molecule has 1 unspecified atom stereocenters. The third-order valence-electron chi connectivity index (χ3n) is 5.88. The first-order chi connectivity index (χ1) is 19.0. The third-order valence-corrected chi connectivity index (χ3v) is 5.88. The van der Waals surface area contributed by atoms with Crippen LogP contribution in [0.1, 0.15) is 49.5 Å². The summed E-state index contributed by atoms with van der Waals surface area (Å²) in [4.78, 5) is 60.5. The minimum absolute atomic E-state index is 0.0639. The number of benzene rings is 2. The Morgan fingerprint density at radius 3 is 2.02 bits per heavy atom. The summed E-state index contributed by atoms with van der Waals surface area (Å²) >= 11 is 0. The van der Waals surface area contributed by atoms with Gasteiger partial charge in [0.15, 0.2) is 0 Å². The Morgan fingerprint density at radius 1 is 0.900 bits per heavy atom. The quantitative estimate of drug-likeness (QED) is 0.146. The second-order valence-corrected chi connectivity index (χ2v) is 8.74. The number of rotatable bonds is 10. The molecular weight excluding hydrogens is 522 g/mol. The highest BCUT2D eigenvalue weighted by molar-refractivity contribution is 6.00. The first kappa shape index (κ1) is 29.6. The van der Waals surface area contributed by atoms with Crippen LogP contribution in [0.5, 0.6) is 0 Å². The minimum atomic E-state index is -1.00. The first-order valence-corrected chi connectivity index (χ1v) is 12.3. The van der Waals surface area contributed by atoms with Crippen molar-refractivity contribution < 1.29 is 38.3 Å². The highest BCUT2D eigenvalue weighted by Crippen LogP contribution is 2.40.